The van der Waals surface area contributed by atoms with Crippen LogP contribution in [0.15, 0.2) is 60.8 Å². The van der Waals surface area contributed by atoms with E-state index in [0.29, 0.717) is 46.2 Å². The van der Waals surface area contributed by atoms with Crippen LogP contribution in [-0.2, 0) is 10.0 Å². The minimum atomic E-state index is -3.35. The minimum absolute atomic E-state index is 0.133. The molecule has 1 amide bonds. The highest BCUT2D eigenvalue weighted by Crippen LogP contribution is 2.30. The zero-order valence-corrected chi connectivity index (χ0v) is 18.7. The number of anilines is 2. The summed E-state index contributed by atoms with van der Waals surface area (Å²) in [6.07, 6.45) is 3.69. The van der Waals surface area contributed by atoms with Crippen LogP contribution < -0.4 is 9.62 Å². The van der Waals surface area contributed by atoms with Gasteiger partial charge in [-0.1, -0.05) is 18.0 Å². The van der Waals surface area contributed by atoms with Gasteiger partial charge in [0.15, 0.2) is 0 Å². The van der Waals surface area contributed by atoms with Crippen molar-refractivity contribution in [2.45, 2.75) is 19.3 Å². The van der Waals surface area contributed by atoms with Crippen molar-refractivity contribution in [2.24, 2.45) is 0 Å². The molecule has 1 saturated heterocycles. The van der Waals surface area contributed by atoms with Crippen LogP contribution in [0.5, 0.6) is 0 Å². The molecule has 1 aliphatic heterocycles. The molecule has 166 valence electrons. The van der Waals surface area contributed by atoms with Crippen molar-refractivity contribution in [2.75, 3.05) is 21.9 Å². The van der Waals surface area contributed by atoms with E-state index < -0.39 is 15.8 Å². The van der Waals surface area contributed by atoms with E-state index in [1.54, 1.807) is 42.5 Å². The molecule has 4 rings (SSSR count). The predicted molar refractivity (Wildman–Crippen MR) is 124 cm³/mol. The van der Waals surface area contributed by atoms with Gasteiger partial charge < -0.3 is 5.32 Å². The first-order chi connectivity index (χ1) is 15.3. The molecule has 1 fully saturated rings. The maximum Gasteiger partial charge on any atom is 0.255 e. The number of hydrogen-bond acceptors (Lipinski definition) is 4. The first-order valence-corrected chi connectivity index (χ1v) is 12.2. The molecule has 32 heavy (non-hydrogen) atoms. The molecule has 9 heteroatoms. The number of pyridine rings is 1. The van der Waals surface area contributed by atoms with Crippen molar-refractivity contribution in [1.29, 1.82) is 0 Å². The summed E-state index contributed by atoms with van der Waals surface area (Å²) in [5.74, 6) is -0.670. The maximum absolute atomic E-state index is 13.6. The van der Waals surface area contributed by atoms with Crippen LogP contribution in [0.25, 0.3) is 11.3 Å². The fraction of sp³-hybridized carbons (Fsp3) is 0.217. The lowest BCUT2D eigenvalue weighted by molar-refractivity contribution is 0.102. The summed E-state index contributed by atoms with van der Waals surface area (Å²) >= 11 is 6.23. The standard InChI is InChI=1S/C23H21ClFN3O3S/c24-21-9-6-18(15-20(21)22-14-17(25)10-11-26-22)27-23(29)16-4-7-19(8-5-16)28-12-2-1-3-13-32(28,30)31/h4-11,14-15H,1-3,12-13H2,(H,27,29). The lowest BCUT2D eigenvalue weighted by Gasteiger charge is -2.22. The van der Waals surface area contributed by atoms with Gasteiger partial charge in [0.1, 0.15) is 5.82 Å². The van der Waals surface area contributed by atoms with E-state index in [0.717, 1.165) is 12.8 Å². The zero-order valence-electron chi connectivity index (χ0n) is 17.1. The van der Waals surface area contributed by atoms with Gasteiger partial charge in [0.25, 0.3) is 5.91 Å². The summed E-state index contributed by atoms with van der Waals surface area (Å²) < 4.78 is 39.9. The lowest BCUT2D eigenvalue weighted by atomic mass is 10.1. The Labute approximate surface area is 191 Å². The van der Waals surface area contributed by atoms with Gasteiger partial charge in [0, 0.05) is 35.6 Å². The SMILES string of the molecule is O=C(Nc1ccc(Cl)c(-c2cc(F)ccn2)c1)c1ccc(N2CCCCCS2(=O)=O)cc1. The molecule has 1 aliphatic rings. The maximum atomic E-state index is 13.6. The second kappa shape index (κ2) is 9.26. The van der Waals surface area contributed by atoms with Crippen molar-refractivity contribution in [3.05, 3.63) is 77.2 Å². The number of halogens is 2. The normalized spacial score (nSPS) is 15.8. The second-order valence-corrected chi connectivity index (χ2v) is 9.92. The molecule has 0 spiro atoms. The first-order valence-electron chi connectivity index (χ1n) is 10.2. The van der Waals surface area contributed by atoms with Gasteiger partial charge in [-0.15, -0.1) is 0 Å². The van der Waals surface area contributed by atoms with E-state index in [1.165, 1.54) is 22.6 Å². The Hall–Kier alpha value is -2.97. The molecule has 3 aromatic rings. The number of hydrogen-bond donors (Lipinski definition) is 1. The van der Waals surface area contributed by atoms with Gasteiger partial charge in [0.2, 0.25) is 10.0 Å². The van der Waals surface area contributed by atoms with Crippen molar-refractivity contribution in [1.82, 2.24) is 4.98 Å². The smallest absolute Gasteiger partial charge is 0.255 e. The summed E-state index contributed by atoms with van der Waals surface area (Å²) in [6, 6.07) is 13.8. The van der Waals surface area contributed by atoms with Gasteiger partial charge in [-0.2, -0.15) is 0 Å². The van der Waals surface area contributed by atoms with Crippen LogP contribution in [0.3, 0.4) is 0 Å². The van der Waals surface area contributed by atoms with E-state index in [4.69, 9.17) is 11.6 Å². The summed E-state index contributed by atoms with van der Waals surface area (Å²) in [4.78, 5) is 16.8. The van der Waals surface area contributed by atoms with Gasteiger partial charge >= 0.3 is 0 Å². The largest absolute Gasteiger partial charge is 0.322 e. The lowest BCUT2D eigenvalue weighted by Crippen LogP contribution is -2.32. The zero-order chi connectivity index (χ0) is 22.7. The van der Waals surface area contributed by atoms with E-state index in [1.807, 2.05) is 0 Å². The number of carbonyl (C=O) groups excluding carboxylic acids is 1. The molecule has 0 atom stereocenters. The highest BCUT2D eigenvalue weighted by Gasteiger charge is 2.24. The summed E-state index contributed by atoms with van der Waals surface area (Å²) in [5.41, 5.74) is 2.25. The highest BCUT2D eigenvalue weighted by molar-refractivity contribution is 7.92. The second-order valence-electron chi connectivity index (χ2n) is 7.50. The van der Waals surface area contributed by atoms with Gasteiger partial charge in [-0.05, 0) is 61.4 Å². The Morgan fingerprint density at radius 3 is 2.56 bits per heavy atom. The molecule has 0 aliphatic carbocycles. The molecule has 1 N–H and O–H groups in total. The van der Waals surface area contributed by atoms with Crippen molar-refractivity contribution < 1.29 is 17.6 Å². The van der Waals surface area contributed by atoms with Crippen LogP contribution in [0.4, 0.5) is 15.8 Å². The Morgan fingerprint density at radius 1 is 1.03 bits per heavy atom. The minimum Gasteiger partial charge on any atom is -0.322 e. The number of rotatable bonds is 4. The van der Waals surface area contributed by atoms with Crippen LogP contribution >= 0.6 is 11.6 Å². The molecule has 0 radical (unpaired) electrons. The quantitative estimate of drug-likeness (QED) is 0.570. The first kappa shape index (κ1) is 22.2. The van der Waals surface area contributed by atoms with E-state index in [-0.39, 0.29) is 11.7 Å². The molecule has 0 unspecified atom stereocenters. The Kier molecular flexibility index (Phi) is 6.43. The third-order valence-corrected chi connectivity index (χ3v) is 7.44. The predicted octanol–water partition coefficient (Wildman–Crippen LogP) is 5.11. The van der Waals surface area contributed by atoms with Crippen molar-refractivity contribution >= 4 is 38.9 Å². The summed E-state index contributed by atoms with van der Waals surface area (Å²) in [6.45, 7) is 0.440. The summed E-state index contributed by atoms with van der Waals surface area (Å²) in [5, 5.41) is 3.16. The van der Waals surface area contributed by atoms with Crippen LogP contribution in [-0.4, -0.2) is 31.6 Å². The number of carbonyl (C=O) groups is 1. The van der Waals surface area contributed by atoms with E-state index in [2.05, 4.69) is 10.3 Å². The number of nitrogens with zero attached hydrogens (tertiary/aromatic N) is 2. The van der Waals surface area contributed by atoms with Crippen molar-refractivity contribution in [3.63, 3.8) is 0 Å². The third-order valence-electron chi connectivity index (χ3n) is 5.24. The highest BCUT2D eigenvalue weighted by atomic mass is 35.5. The Morgan fingerprint density at radius 2 is 1.81 bits per heavy atom. The molecule has 6 nitrogen and oxygen atoms in total. The topological polar surface area (TPSA) is 79.4 Å². The fourth-order valence-corrected chi connectivity index (χ4v) is 5.44. The Bertz CT molecular complexity index is 1250. The van der Waals surface area contributed by atoms with Crippen LogP contribution in [0.1, 0.15) is 29.6 Å². The average Bonchev–Trinajstić information content (AvgIpc) is 2.95. The van der Waals surface area contributed by atoms with E-state index >= 15 is 0 Å². The number of nitrogens with one attached hydrogen (secondary N) is 1. The molecule has 0 bridgehead atoms. The molecular weight excluding hydrogens is 453 g/mol. The molecule has 0 saturated carbocycles. The number of benzene rings is 2. The average molecular weight is 474 g/mol. The summed E-state index contributed by atoms with van der Waals surface area (Å²) in [7, 11) is -3.35. The van der Waals surface area contributed by atoms with Gasteiger partial charge in [-0.3, -0.25) is 14.1 Å². The third kappa shape index (κ3) is 4.92. The van der Waals surface area contributed by atoms with Crippen LogP contribution in [0.2, 0.25) is 5.02 Å². The monoisotopic (exact) mass is 473 g/mol. The fourth-order valence-electron chi connectivity index (χ4n) is 3.59. The number of sulfonamides is 1. The molecule has 2 aromatic carbocycles. The van der Waals surface area contributed by atoms with Crippen molar-refractivity contribution in [3.8, 4) is 11.3 Å². The molecular formula is C23H21ClFN3O3S. The van der Waals surface area contributed by atoms with E-state index in [9.17, 15) is 17.6 Å². The Balaban J connectivity index is 1.53. The van der Waals surface area contributed by atoms with Crippen LogP contribution in [0, 0.1) is 5.82 Å². The number of amides is 1. The van der Waals surface area contributed by atoms with Gasteiger partial charge in [0.05, 0.1) is 22.2 Å². The number of aromatic nitrogens is 1. The van der Waals surface area contributed by atoms with Gasteiger partial charge in [-0.25, -0.2) is 12.8 Å². The molecule has 2 heterocycles. The molecule has 1 aromatic heterocycles.